The average Bonchev–Trinajstić information content (AvgIpc) is 2.82. The van der Waals surface area contributed by atoms with Gasteiger partial charge in [-0.25, -0.2) is 0 Å². The molecule has 0 aromatic carbocycles. The molecule has 1 aliphatic carbocycles. The zero-order valence-electron chi connectivity index (χ0n) is 13.1. The minimum absolute atomic E-state index is 0.0872. The first-order valence-electron chi connectivity index (χ1n) is 7.99. The number of aliphatic carboxylic acids is 1. The summed E-state index contributed by atoms with van der Waals surface area (Å²) in [7, 11) is 0. The van der Waals surface area contributed by atoms with Gasteiger partial charge in [0.1, 0.15) is 0 Å². The monoisotopic (exact) mass is 306 g/mol. The molecule has 0 bridgehead atoms. The Balaban J connectivity index is 2.39. The van der Waals surface area contributed by atoms with Crippen LogP contribution in [0.4, 0.5) is 0 Å². The van der Waals surface area contributed by atoms with Gasteiger partial charge in [0.15, 0.2) is 5.78 Å². The Morgan fingerprint density at radius 1 is 1.36 bits per heavy atom. The second kappa shape index (κ2) is 10.1. The summed E-state index contributed by atoms with van der Waals surface area (Å²) in [5.74, 6) is -0.735. The lowest BCUT2D eigenvalue weighted by Gasteiger charge is -2.13. The predicted molar refractivity (Wildman–Crippen MR) is 86.4 cm³/mol. The SMILES string of the molecule is CC/C=C\C[C@H]1C=CC(=O)[C@H]1/C=C/[C@H](O)CCCCC(=O)O. The van der Waals surface area contributed by atoms with Crippen LogP contribution >= 0.6 is 0 Å². The van der Waals surface area contributed by atoms with Gasteiger partial charge in [-0.05, 0) is 44.1 Å². The van der Waals surface area contributed by atoms with Gasteiger partial charge in [-0.3, -0.25) is 9.59 Å². The fraction of sp³-hybridized carbons (Fsp3) is 0.556. The first-order chi connectivity index (χ1) is 10.5. The molecule has 1 aliphatic rings. The van der Waals surface area contributed by atoms with E-state index in [1.165, 1.54) is 0 Å². The van der Waals surface area contributed by atoms with Gasteiger partial charge in [-0.1, -0.05) is 37.3 Å². The van der Waals surface area contributed by atoms with E-state index in [0.717, 1.165) is 12.8 Å². The summed E-state index contributed by atoms with van der Waals surface area (Å²) >= 11 is 0. The number of ketones is 1. The Morgan fingerprint density at radius 2 is 2.14 bits per heavy atom. The molecule has 0 heterocycles. The van der Waals surface area contributed by atoms with Crippen LogP contribution in [0, 0.1) is 11.8 Å². The van der Waals surface area contributed by atoms with E-state index >= 15 is 0 Å². The van der Waals surface area contributed by atoms with Gasteiger partial charge in [-0.15, -0.1) is 0 Å². The second-order valence-corrected chi connectivity index (χ2v) is 5.66. The lowest BCUT2D eigenvalue weighted by atomic mass is 9.90. The molecule has 0 amide bonds. The molecule has 0 saturated carbocycles. The van der Waals surface area contributed by atoms with E-state index in [2.05, 4.69) is 19.1 Å². The van der Waals surface area contributed by atoms with Crippen LogP contribution in [0.2, 0.25) is 0 Å². The highest BCUT2D eigenvalue weighted by Crippen LogP contribution is 2.27. The third-order valence-electron chi connectivity index (χ3n) is 3.79. The Morgan fingerprint density at radius 3 is 2.82 bits per heavy atom. The fourth-order valence-corrected chi connectivity index (χ4v) is 2.52. The van der Waals surface area contributed by atoms with Crippen LogP contribution in [0.1, 0.15) is 45.4 Å². The number of hydrogen-bond donors (Lipinski definition) is 2. The van der Waals surface area contributed by atoms with Crippen molar-refractivity contribution >= 4 is 11.8 Å². The Labute approximate surface area is 132 Å². The number of aliphatic hydroxyl groups is 1. The summed E-state index contributed by atoms with van der Waals surface area (Å²) in [5, 5.41) is 18.4. The molecule has 0 radical (unpaired) electrons. The van der Waals surface area contributed by atoms with Crippen molar-refractivity contribution in [2.45, 2.75) is 51.6 Å². The highest BCUT2D eigenvalue weighted by atomic mass is 16.4. The number of carboxylic acid groups (broad SMARTS) is 1. The number of unbranched alkanes of at least 4 members (excludes halogenated alkanes) is 1. The van der Waals surface area contributed by atoms with E-state index in [1.54, 1.807) is 18.2 Å². The Kier molecular flexibility index (Phi) is 8.44. The molecule has 3 atom stereocenters. The van der Waals surface area contributed by atoms with Crippen LogP contribution in [0.3, 0.4) is 0 Å². The van der Waals surface area contributed by atoms with Gasteiger partial charge < -0.3 is 10.2 Å². The molecule has 0 aliphatic heterocycles. The van der Waals surface area contributed by atoms with Gasteiger partial charge in [-0.2, -0.15) is 0 Å². The first kappa shape index (κ1) is 18.4. The summed E-state index contributed by atoms with van der Waals surface area (Å²) in [4.78, 5) is 22.3. The smallest absolute Gasteiger partial charge is 0.303 e. The van der Waals surface area contributed by atoms with Crippen molar-refractivity contribution in [1.29, 1.82) is 0 Å². The van der Waals surface area contributed by atoms with Crippen molar-refractivity contribution in [3.63, 3.8) is 0 Å². The molecule has 4 heteroatoms. The molecule has 0 aromatic heterocycles. The van der Waals surface area contributed by atoms with E-state index in [0.29, 0.717) is 19.3 Å². The Bertz CT molecular complexity index is 448. The summed E-state index contributed by atoms with van der Waals surface area (Å²) in [5.41, 5.74) is 0. The van der Waals surface area contributed by atoms with Crippen LogP contribution < -0.4 is 0 Å². The van der Waals surface area contributed by atoms with Crippen LogP contribution in [0.25, 0.3) is 0 Å². The van der Waals surface area contributed by atoms with Crippen molar-refractivity contribution in [3.05, 3.63) is 36.5 Å². The van der Waals surface area contributed by atoms with Crippen LogP contribution in [0.15, 0.2) is 36.5 Å². The van der Waals surface area contributed by atoms with Crippen molar-refractivity contribution < 1.29 is 19.8 Å². The summed E-state index contributed by atoms with van der Waals surface area (Å²) in [6.07, 6.45) is 14.3. The molecule has 22 heavy (non-hydrogen) atoms. The molecular formula is C18H26O4. The molecule has 122 valence electrons. The number of aliphatic hydroxyl groups excluding tert-OH is 1. The third-order valence-corrected chi connectivity index (χ3v) is 3.79. The molecule has 0 unspecified atom stereocenters. The lowest BCUT2D eigenvalue weighted by molar-refractivity contribution is -0.137. The van der Waals surface area contributed by atoms with Crippen LogP contribution in [0.5, 0.6) is 0 Å². The van der Waals surface area contributed by atoms with Crippen molar-refractivity contribution in [3.8, 4) is 0 Å². The highest BCUT2D eigenvalue weighted by Gasteiger charge is 2.26. The van der Waals surface area contributed by atoms with Crippen LogP contribution in [-0.4, -0.2) is 28.1 Å². The van der Waals surface area contributed by atoms with Gasteiger partial charge in [0.25, 0.3) is 0 Å². The van der Waals surface area contributed by atoms with Crippen molar-refractivity contribution in [2.75, 3.05) is 0 Å². The maximum absolute atomic E-state index is 11.9. The normalized spacial score (nSPS) is 22.9. The molecule has 1 rings (SSSR count). The van der Waals surface area contributed by atoms with Crippen molar-refractivity contribution in [1.82, 2.24) is 0 Å². The van der Waals surface area contributed by atoms with E-state index in [4.69, 9.17) is 5.11 Å². The number of allylic oxidation sites excluding steroid dienone is 5. The molecule has 2 N–H and O–H groups in total. The number of hydrogen-bond acceptors (Lipinski definition) is 3. The minimum Gasteiger partial charge on any atom is -0.481 e. The average molecular weight is 306 g/mol. The predicted octanol–water partition coefficient (Wildman–Crippen LogP) is 3.28. The molecular weight excluding hydrogens is 280 g/mol. The molecule has 0 fully saturated rings. The summed E-state index contributed by atoms with van der Waals surface area (Å²) < 4.78 is 0. The topological polar surface area (TPSA) is 74.6 Å². The van der Waals surface area contributed by atoms with Gasteiger partial charge in [0, 0.05) is 12.3 Å². The molecule has 0 saturated heterocycles. The minimum atomic E-state index is -0.810. The largest absolute Gasteiger partial charge is 0.481 e. The van der Waals surface area contributed by atoms with E-state index in [-0.39, 0.29) is 24.0 Å². The zero-order chi connectivity index (χ0) is 16.4. The number of carboxylic acids is 1. The third kappa shape index (κ3) is 6.85. The Hall–Kier alpha value is -1.68. The van der Waals surface area contributed by atoms with Gasteiger partial charge >= 0.3 is 5.97 Å². The number of carbonyl (C=O) groups excluding carboxylic acids is 1. The fourth-order valence-electron chi connectivity index (χ4n) is 2.52. The quantitative estimate of drug-likeness (QED) is 0.480. The first-order valence-corrected chi connectivity index (χ1v) is 7.99. The van der Waals surface area contributed by atoms with E-state index < -0.39 is 12.1 Å². The van der Waals surface area contributed by atoms with E-state index in [1.807, 2.05) is 6.08 Å². The molecule has 0 aromatic rings. The zero-order valence-corrected chi connectivity index (χ0v) is 13.1. The van der Waals surface area contributed by atoms with E-state index in [9.17, 15) is 14.7 Å². The lowest BCUT2D eigenvalue weighted by Crippen LogP contribution is -2.14. The second-order valence-electron chi connectivity index (χ2n) is 5.66. The van der Waals surface area contributed by atoms with Crippen molar-refractivity contribution in [2.24, 2.45) is 11.8 Å². The number of rotatable bonds is 10. The van der Waals surface area contributed by atoms with Gasteiger partial charge in [0.05, 0.1) is 6.10 Å². The summed E-state index contributed by atoms with van der Waals surface area (Å²) in [6.45, 7) is 2.07. The van der Waals surface area contributed by atoms with Gasteiger partial charge in [0.2, 0.25) is 0 Å². The highest BCUT2D eigenvalue weighted by molar-refractivity contribution is 5.95. The maximum atomic E-state index is 11.9. The standard InChI is InChI=1S/C18H26O4/c1-2-3-4-7-14-10-13-17(20)16(14)12-11-15(19)8-5-6-9-18(21)22/h3-4,10-16,19H,2,5-9H2,1H3,(H,21,22)/b4-3-,12-11+/t14-,15+,16-/m0/s1. The number of carbonyl (C=O) groups is 2. The molecule has 0 spiro atoms. The summed E-state index contributed by atoms with van der Waals surface area (Å²) in [6, 6.07) is 0. The van der Waals surface area contributed by atoms with Crippen LogP contribution in [-0.2, 0) is 9.59 Å². The molecule has 4 nitrogen and oxygen atoms in total. The maximum Gasteiger partial charge on any atom is 0.303 e.